The van der Waals surface area contributed by atoms with Crippen molar-refractivity contribution in [3.05, 3.63) is 23.3 Å². The van der Waals surface area contributed by atoms with E-state index in [0.29, 0.717) is 23.3 Å². The molecule has 0 saturated carbocycles. The van der Waals surface area contributed by atoms with Crippen LogP contribution in [0.4, 0.5) is 5.69 Å². The molecule has 0 aliphatic heterocycles. The molecule has 0 aliphatic carbocycles. The molecule has 21 heavy (non-hydrogen) atoms. The molecular weight excluding hydrogens is 284 g/mol. The molecule has 0 saturated heterocycles. The van der Waals surface area contributed by atoms with Crippen molar-refractivity contribution in [1.82, 2.24) is 4.72 Å². The lowest BCUT2D eigenvalue weighted by Gasteiger charge is -2.18. The fourth-order valence-corrected chi connectivity index (χ4v) is 3.82. The Bertz CT molecular complexity index is 557. The quantitative estimate of drug-likeness (QED) is 0.812. The normalized spacial score (nSPS) is 13.5. The van der Waals surface area contributed by atoms with Crippen molar-refractivity contribution in [2.75, 3.05) is 18.4 Å². The predicted molar refractivity (Wildman–Crippen MR) is 89.3 cm³/mol. The number of benzene rings is 1. The van der Waals surface area contributed by atoms with Crippen LogP contribution in [0.15, 0.2) is 17.0 Å². The molecule has 1 aromatic rings. The van der Waals surface area contributed by atoms with Crippen molar-refractivity contribution in [1.29, 1.82) is 0 Å². The number of hydrogen-bond acceptors (Lipinski definition) is 3. The molecule has 4 nitrogen and oxygen atoms in total. The van der Waals surface area contributed by atoms with Crippen molar-refractivity contribution < 1.29 is 8.42 Å². The van der Waals surface area contributed by atoms with Gasteiger partial charge in [-0.25, -0.2) is 13.1 Å². The Hall–Kier alpha value is -1.07. The van der Waals surface area contributed by atoms with Gasteiger partial charge in [0.1, 0.15) is 0 Å². The van der Waals surface area contributed by atoms with E-state index >= 15 is 0 Å². The zero-order valence-electron chi connectivity index (χ0n) is 13.9. The monoisotopic (exact) mass is 312 g/mol. The molecule has 0 amide bonds. The molecule has 1 unspecified atom stereocenters. The van der Waals surface area contributed by atoms with Crippen LogP contribution < -0.4 is 10.0 Å². The first-order chi connectivity index (χ1) is 9.69. The minimum Gasteiger partial charge on any atom is -0.385 e. The third kappa shape index (κ3) is 4.71. The molecule has 1 aromatic carbocycles. The minimum absolute atomic E-state index is 0.307. The molecule has 0 aliphatic rings. The molecule has 2 N–H and O–H groups in total. The highest BCUT2D eigenvalue weighted by atomic mass is 32.2. The Morgan fingerprint density at radius 3 is 2.05 bits per heavy atom. The van der Waals surface area contributed by atoms with E-state index in [1.165, 1.54) is 0 Å². The summed E-state index contributed by atoms with van der Waals surface area (Å²) in [6.45, 7) is 13.2. The summed E-state index contributed by atoms with van der Waals surface area (Å²) in [5.74, 6) is 0.757. The summed E-state index contributed by atoms with van der Waals surface area (Å²) in [4.78, 5) is 0.403. The van der Waals surface area contributed by atoms with Crippen molar-refractivity contribution in [3.63, 3.8) is 0 Å². The third-order valence-corrected chi connectivity index (χ3v) is 5.57. The second kappa shape index (κ2) is 7.27. The van der Waals surface area contributed by atoms with Gasteiger partial charge in [0.25, 0.3) is 0 Å². The van der Waals surface area contributed by atoms with Crippen LogP contribution in [0, 0.1) is 25.7 Å². The van der Waals surface area contributed by atoms with Crippen LogP contribution >= 0.6 is 0 Å². The number of hydrogen-bond donors (Lipinski definition) is 2. The van der Waals surface area contributed by atoms with Gasteiger partial charge in [-0.2, -0.15) is 0 Å². The summed E-state index contributed by atoms with van der Waals surface area (Å²) < 4.78 is 27.8. The van der Waals surface area contributed by atoms with E-state index in [2.05, 4.69) is 30.8 Å². The molecule has 120 valence electrons. The Balaban J connectivity index is 3.03. The zero-order chi connectivity index (χ0) is 16.2. The van der Waals surface area contributed by atoms with Gasteiger partial charge in [0, 0.05) is 18.8 Å². The van der Waals surface area contributed by atoms with Crippen LogP contribution in [0.5, 0.6) is 0 Å². The van der Waals surface area contributed by atoms with E-state index in [-0.39, 0.29) is 0 Å². The molecule has 5 heteroatoms. The standard InChI is InChI=1S/C16H28N2O2S/c1-7-17-15-8-12(4)16(13(5)9-15)21(19,20)18-10-14(6)11(2)3/h8-9,11,14,17-18H,7,10H2,1-6H3. The molecule has 0 bridgehead atoms. The van der Waals surface area contributed by atoms with Crippen molar-refractivity contribution >= 4 is 15.7 Å². The third-order valence-electron chi connectivity index (χ3n) is 3.84. The molecule has 0 spiro atoms. The molecular formula is C16H28N2O2S. The smallest absolute Gasteiger partial charge is 0.241 e. The molecule has 0 radical (unpaired) electrons. The first kappa shape index (κ1) is 18.0. The maximum absolute atomic E-state index is 12.5. The average Bonchev–Trinajstić information content (AvgIpc) is 2.35. The summed E-state index contributed by atoms with van der Waals surface area (Å²) in [6, 6.07) is 3.77. The molecule has 0 fully saturated rings. The topological polar surface area (TPSA) is 58.2 Å². The maximum atomic E-state index is 12.5. The fraction of sp³-hybridized carbons (Fsp3) is 0.625. The number of nitrogens with one attached hydrogen (secondary N) is 2. The van der Waals surface area contributed by atoms with Crippen molar-refractivity contribution in [3.8, 4) is 0 Å². The van der Waals surface area contributed by atoms with E-state index in [1.54, 1.807) is 0 Å². The van der Waals surface area contributed by atoms with Gasteiger partial charge in [0.15, 0.2) is 0 Å². The maximum Gasteiger partial charge on any atom is 0.241 e. The summed E-state index contributed by atoms with van der Waals surface area (Å²) in [6.07, 6.45) is 0. The molecule has 1 atom stereocenters. The van der Waals surface area contributed by atoms with Crippen molar-refractivity contribution in [2.45, 2.75) is 46.4 Å². The molecule has 1 rings (SSSR count). The van der Waals surface area contributed by atoms with Gasteiger partial charge in [-0.1, -0.05) is 20.8 Å². The predicted octanol–water partition coefficient (Wildman–Crippen LogP) is 3.31. The van der Waals surface area contributed by atoms with E-state index in [9.17, 15) is 8.42 Å². The van der Waals surface area contributed by atoms with Gasteiger partial charge in [-0.15, -0.1) is 0 Å². The highest BCUT2D eigenvalue weighted by molar-refractivity contribution is 7.89. The summed E-state index contributed by atoms with van der Waals surface area (Å²) in [5, 5.41) is 3.22. The van der Waals surface area contributed by atoms with E-state index in [0.717, 1.165) is 23.4 Å². The Kier molecular flexibility index (Phi) is 6.23. The van der Waals surface area contributed by atoms with Crippen LogP contribution in [0.25, 0.3) is 0 Å². The second-order valence-corrected chi connectivity index (χ2v) is 7.75. The zero-order valence-corrected chi connectivity index (χ0v) is 14.8. The summed E-state index contributed by atoms with van der Waals surface area (Å²) in [5.41, 5.74) is 2.51. The van der Waals surface area contributed by atoms with Gasteiger partial charge in [0.2, 0.25) is 10.0 Å². The van der Waals surface area contributed by atoms with Gasteiger partial charge in [0.05, 0.1) is 4.90 Å². The van der Waals surface area contributed by atoms with E-state index in [1.807, 2.05) is 32.9 Å². The largest absolute Gasteiger partial charge is 0.385 e. The average molecular weight is 312 g/mol. The Morgan fingerprint density at radius 1 is 1.10 bits per heavy atom. The number of sulfonamides is 1. The number of anilines is 1. The van der Waals surface area contributed by atoms with Crippen LogP contribution in [-0.2, 0) is 10.0 Å². The van der Waals surface area contributed by atoms with E-state index < -0.39 is 10.0 Å². The highest BCUT2D eigenvalue weighted by Crippen LogP contribution is 2.24. The number of rotatable bonds is 7. The lowest BCUT2D eigenvalue weighted by Crippen LogP contribution is -2.31. The van der Waals surface area contributed by atoms with Crippen molar-refractivity contribution in [2.24, 2.45) is 11.8 Å². The van der Waals surface area contributed by atoms with Crippen LogP contribution in [0.3, 0.4) is 0 Å². The lowest BCUT2D eigenvalue weighted by molar-refractivity contribution is 0.414. The second-order valence-electron chi connectivity index (χ2n) is 6.04. The van der Waals surface area contributed by atoms with Crippen LogP contribution in [0.2, 0.25) is 0 Å². The SMILES string of the molecule is CCNc1cc(C)c(S(=O)(=O)NCC(C)C(C)C)c(C)c1. The Labute approximate surface area is 129 Å². The van der Waals surface area contributed by atoms with E-state index in [4.69, 9.17) is 0 Å². The first-order valence-electron chi connectivity index (χ1n) is 7.53. The first-order valence-corrected chi connectivity index (χ1v) is 9.02. The van der Waals surface area contributed by atoms with Crippen LogP contribution in [-0.4, -0.2) is 21.5 Å². The van der Waals surface area contributed by atoms with Gasteiger partial charge in [-0.3, -0.25) is 0 Å². The molecule has 0 aromatic heterocycles. The fourth-order valence-electron chi connectivity index (χ4n) is 2.23. The highest BCUT2D eigenvalue weighted by Gasteiger charge is 2.21. The number of aryl methyl sites for hydroxylation is 2. The Morgan fingerprint density at radius 2 is 1.62 bits per heavy atom. The minimum atomic E-state index is -3.46. The van der Waals surface area contributed by atoms with Crippen LogP contribution in [0.1, 0.15) is 38.8 Å². The molecule has 0 heterocycles. The summed E-state index contributed by atoms with van der Waals surface area (Å²) >= 11 is 0. The summed E-state index contributed by atoms with van der Waals surface area (Å²) in [7, 11) is -3.46. The lowest BCUT2D eigenvalue weighted by atomic mass is 9.99. The van der Waals surface area contributed by atoms with Gasteiger partial charge >= 0.3 is 0 Å². The van der Waals surface area contributed by atoms with Gasteiger partial charge < -0.3 is 5.32 Å². The van der Waals surface area contributed by atoms with Gasteiger partial charge in [-0.05, 0) is 55.9 Å².